The Balaban J connectivity index is 1.96. The van der Waals surface area contributed by atoms with Crippen LogP contribution in [-0.4, -0.2) is 18.1 Å². The van der Waals surface area contributed by atoms with Crippen LogP contribution < -0.4 is 16.4 Å². The number of carbonyl (C=O) groups is 1. The van der Waals surface area contributed by atoms with Crippen LogP contribution in [0.2, 0.25) is 0 Å². The van der Waals surface area contributed by atoms with Crippen molar-refractivity contribution in [1.82, 2.24) is 5.32 Å². The second-order valence-electron chi connectivity index (χ2n) is 4.40. The van der Waals surface area contributed by atoms with E-state index in [0.717, 1.165) is 19.3 Å². The van der Waals surface area contributed by atoms with E-state index in [1.165, 1.54) is 12.1 Å². The van der Waals surface area contributed by atoms with E-state index in [1.54, 1.807) is 12.1 Å². The van der Waals surface area contributed by atoms with Gasteiger partial charge in [0.05, 0.1) is 11.2 Å². The highest BCUT2D eigenvalue weighted by Crippen LogP contribution is 2.30. The van der Waals surface area contributed by atoms with Gasteiger partial charge in [-0.05, 0) is 31.4 Å². The van der Waals surface area contributed by atoms with Crippen molar-refractivity contribution in [2.45, 2.75) is 24.8 Å². The summed E-state index contributed by atoms with van der Waals surface area (Å²) in [6, 6.07) is 5.66. The molecular formula is C12H16FN3O. The summed E-state index contributed by atoms with van der Waals surface area (Å²) in [5.74, 6) is -0.446. The summed E-state index contributed by atoms with van der Waals surface area (Å²) < 4.78 is 13.3. The van der Waals surface area contributed by atoms with Gasteiger partial charge in [0, 0.05) is 6.54 Å². The molecule has 17 heavy (non-hydrogen) atoms. The van der Waals surface area contributed by atoms with Crippen molar-refractivity contribution in [3.63, 3.8) is 0 Å². The first-order valence-electron chi connectivity index (χ1n) is 5.69. The maximum Gasteiger partial charge on any atom is 0.319 e. The lowest BCUT2D eigenvalue weighted by molar-refractivity contribution is 0.190. The van der Waals surface area contributed by atoms with Crippen LogP contribution in [0.15, 0.2) is 24.3 Å². The van der Waals surface area contributed by atoms with Crippen molar-refractivity contribution in [2.75, 3.05) is 11.9 Å². The standard InChI is InChI=1S/C12H16FN3O/c13-9-4-1-2-5-10(9)15-11(17)16-12(8-14)6-3-7-12/h1-2,4-5H,3,6-8,14H2,(H2,15,16,17). The van der Waals surface area contributed by atoms with Gasteiger partial charge in [-0.15, -0.1) is 0 Å². The van der Waals surface area contributed by atoms with Crippen molar-refractivity contribution in [2.24, 2.45) is 5.73 Å². The zero-order chi connectivity index (χ0) is 12.3. The summed E-state index contributed by atoms with van der Waals surface area (Å²) >= 11 is 0. The van der Waals surface area contributed by atoms with Gasteiger partial charge in [-0.25, -0.2) is 9.18 Å². The number of nitrogens with two attached hydrogens (primary N) is 1. The van der Waals surface area contributed by atoms with Gasteiger partial charge >= 0.3 is 6.03 Å². The lowest BCUT2D eigenvalue weighted by Crippen LogP contribution is -2.59. The minimum atomic E-state index is -0.446. The minimum Gasteiger partial charge on any atom is -0.331 e. The molecule has 0 spiro atoms. The minimum absolute atomic E-state index is 0.177. The van der Waals surface area contributed by atoms with Crippen LogP contribution in [-0.2, 0) is 0 Å². The van der Waals surface area contributed by atoms with Gasteiger partial charge in [0.1, 0.15) is 5.82 Å². The lowest BCUT2D eigenvalue weighted by Gasteiger charge is -2.41. The normalized spacial score (nSPS) is 17.1. The highest BCUT2D eigenvalue weighted by molar-refractivity contribution is 5.90. The number of para-hydroxylation sites is 1. The molecule has 92 valence electrons. The molecule has 1 aliphatic rings. The van der Waals surface area contributed by atoms with Crippen LogP contribution in [0.5, 0.6) is 0 Å². The number of nitrogens with one attached hydrogen (secondary N) is 2. The second-order valence-corrected chi connectivity index (χ2v) is 4.40. The number of halogens is 1. The zero-order valence-electron chi connectivity index (χ0n) is 9.50. The first-order valence-corrected chi connectivity index (χ1v) is 5.69. The molecule has 0 heterocycles. The number of amides is 2. The maximum atomic E-state index is 13.3. The zero-order valence-corrected chi connectivity index (χ0v) is 9.50. The average molecular weight is 237 g/mol. The molecule has 1 fully saturated rings. The van der Waals surface area contributed by atoms with Crippen LogP contribution in [0.3, 0.4) is 0 Å². The monoisotopic (exact) mass is 237 g/mol. The van der Waals surface area contributed by atoms with E-state index < -0.39 is 11.8 Å². The van der Waals surface area contributed by atoms with Crippen molar-refractivity contribution in [3.05, 3.63) is 30.1 Å². The number of carbonyl (C=O) groups excluding carboxylic acids is 1. The van der Waals surface area contributed by atoms with Crippen LogP contribution in [0.1, 0.15) is 19.3 Å². The third-order valence-electron chi connectivity index (χ3n) is 3.20. The number of anilines is 1. The van der Waals surface area contributed by atoms with Crippen molar-refractivity contribution in [1.29, 1.82) is 0 Å². The molecule has 2 rings (SSSR count). The molecule has 2 amide bonds. The molecular weight excluding hydrogens is 221 g/mol. The summed E-state index contributed by atoms with van der Waals surface area (Å²) in [5.41, 5.74) is 5.50. The van der Waals surface area contributed by atoms with E-state index >= 15 is 0 Å². The number of hydrogen-bond donors (Lipinski definition) is 3. The SMILES string of the molecule is NCC1(NC(=O)Nc2ccccc2F)CCC1. The summed E-state index contributed by atoms with van der Waals surface area (Å²) in [6.07, 6.45) is 2.83. The highest BCUT2D eigenvalue weighted by atomic mass is 19.1. The third kappa shape index (κ3) is 2.55. The summed E-state index contributed by atoms with van der Waals surface area (Å²) in [7, 11) is 0. The number of benzene rings is 1. The number of hydrogen-bond acceptors (Lipinski definition) is 2. The van der Waals surface area contributed by atoms with E-state index in [1.807, 2.05) is 0 Å². The maximum absolute atomic E-state index is 13.3. The Morgan fingerprint density at radius 3 is 2.65 bits per heavy atom. The molecule has 0 atom stereocenters. The first kappa shape index (κ1) is 11.9. The molecule has 0 saturated heterocycles. The molecule has 1 aromatic rings. The van der Waals surface area contributed by atoms with E-state index in [2.05, 4.69) is 10.6 Å². The molecule has 1 saturated carbocycles. The highest BCUT2D eigenvalue weighted by Gasteiger charge is 2.36. The Hall–Kier alpha value is -1.62. The Labute approximate surface area is 99.4 Å². The predicted octanol–water partition coefficient (Wildman–Crippen LogP) is 1.83. The Bertz CT molecular complexity index is 412. The third-order valence-corrected chi connectivity index (χ3v) is 3.20. The summed E-state index contributed by atoms with van der Waals surface area (Å²) in [4.78, 5) is 11.7. The first-order chi connectivity index (χ1) is 8.15. The van der Waals surface area contributed by atoms with Crippen LogP contribution in [0.4, 0.5) is 14.9 Å². The summed E-state index contributed by atoms with van der Waals surface area (Å²) in [6.45, 7) is 0.414. The fourth-order valence-corrected chi connectivity index (χ4v) is 1.94. The summed E-state index contributed by atoms with van der Waals surface area (Å²) in [5, 5.41) is 5.30. The quantitative estimate of drug-likeness (QED) is 0.750. The number of urea groups is 1. The molecule has 0 unspecified atom stereocenters. The molecule has 4 N–H and O–H groups in total. The van der Waals surface area contributed by atoms with E-state index in [-0.39, 0.29) is 11.2 Å². The predicted molar refractivity (Wildman–Crippen MR) is 64.2 cm³/mol. The molecule has 5 heteroatoms. The second kappa shape index (κ2) is 4.71. The average Bonchev–Trinajstić information content (AvgIpc) is 2.27. The van der Waals surface area contributed by atoms with Crippen LogP contribution in [0.25, 0.3) is 0 Å². The largest absolute Gasteiger partial charge is 0.331 e. The Kier molecular flexibility index (Phi) is 3.28. The topological polar surface area (TPSA) is 67.1 Å². The number of rotatable bonds is 3. The Morgan fingerprint density at radius 1 is 1.41 bits per heavy atom. The van der Waals surface area contributed by atoms with E-state index in [0.29, 0.717) is 6.54 Å². The lowest BCUT2D eigenvalue weighted by atomic mass is 9.77. The van der Waals surface area contributed by atoms with Gasteiger partial charge in [0.2, 0.25) is 0 Å². The van der Waals surface area contributed by atoms with Crippen molar-refractivity contribution >= 4 is 11.7 Å². The van der Waals surface area contributed by atoms with E-state index in [4.69, 9.17) is 5.73 Å². The molecule has 4 nitrogen and oxygen atoms in total. The molecule has 0 aliphatic heterocycles. The van der Waals surface area contributed by atoms with Gasteiger partial charge in [0.15, 0.2) is 0 Å². The van der Waals surface area contributed by atoms with Gasteiger partial charge in [-0.1, -0.05) is 12.1 Å². The van der Waals surface area contributed by atoms with E-state index in [9.17, 15) is 9.18 Å². The van der Waals surface area contributed by atoms with Crippen LogP contribution in [0, 0.1) is 5.82 Å². The van der Waals surface area contributed by atoms with Crippen molar-refractivity contribution < 1.29 is 9.18 Å². The molecule has 0 bridgehead atoms. The van der Waals surface area contributed by atoms with Gasteiger partial charge < -0.3 is 16.4 Å². The molecule has 1 aromatic carbocycles. The fraction of sp³-hybridized carbons (Fsp3) is 0.417. The van der Waals surface area contributed by atoms with Crippen molar-refractivity contribution in [3.8, 4) is 0 Å². The smallest absolute Gasteiger partial charge is 0.319 e. The van der Waals surface area contributed by atoms with Gasteiger partial charge in [-0.2, -0.15) is 0 Å². The molecule has 0 radical (unpaired) electrons. The van der Waals surface area contributed by atoms with Gasteiger partial charge in [-0.3, -0.25) is 0 Å². The Morgan fingerprint density at radius 2 is 2.12 bits per heavy atom. The fourth-order valence-electron chi connectivity index (χ4n) is 1.94. The molecule has 1 aliphatic carbocycles. The van der Waals surface area contributed by atoms with Gasteiger partial charge in [0.25, 0.3) is 0 Å². The molecule has 0 aromatic heterocycles. The van der Waals surface area contributed by atoms with Crippen LogP contribution >= 0.6 is 0 Å².